The molecule has 4 atom stereocenters. The van der Waals surface area contributed by atoms with Crippen LogP contribution in [0.4, 0.5) is 5.69 Å². The average molecular weight is 403 g/mol. The second-order valence-electron chi connectivity index (χ2n) is 6.57. The van der Waals surface area contributed by atoms with Crippen LogP contribution in [0.25, 0.3) is 0 Å². The third-order valence-electron chi connectivity index (χ3n) is 4.71. The van der Waals surface area contributed by atoms with Crippen molar-refractivity contribution in [1.29, 1.82) is 0 Å². The number of benzene rings is 1. The van der Waals surface area contributed by atoms with Gasteiger partial charge in [-0.15, -0.1) is 0 Å². The summed E-state index contributed by atoms with van der Waals surface area (Å²) in [7, 11) is 0. The second kappa shape index (κ2) is 8.44. The van der Waals surface area contributed by atoms with Gasteiger partial charge in [0.1, 0.15) is 5.92 Å². The van der Waals surface area contributed by atoms with Crippen molar-refractivity contribution in [3.05, 3.63) is 41.5 Å². The lowest BCUT2D eigenvalue weighted by Gasteiger charge is -2.21. The molecule has 2 N–H and O–H groups in total. The molecule has 29 heavy (non-hydrogen) atoms. The molecule has 2 heterocycles. The zero-order valence-corrected chi connectivity index (χ0v) is 15.9. The number of fused-ring (bicyclic) bond motifs is 2. The monoisotopic (exact) mass is 403 g/mol. The molecule has 0 radical (unpaired) electrons. The molecule has 0 saturated carbocycles. The topological polar surface area (TPSA) is 128 Å². The number of carboxylic acid groups (broad SMARTS) is 1. The SMILES string of the molecule is CCOC(=O)c1cc(NC(=O)[C@H]2[C@H](C(=O)O)[C@H]3C=C[C@H]2O3)cc(C(=O)OCC)c1. The lowest BCUT2D eigenvalue weighted by Crippen LogP contribution is -2.39. The van der Waals surface area contributed by atoms with Gasteiger partial charge in [-0.3, -0.25) is 9.59 Å². The maximum Gasteiger partial charge on any atom is 0.338 e. The lowest BCUT2D eigenvalue weighted by molar-refractivity contribution is -0.145. The summed E-state index contributed by atoms with van der Waals surface area (Å²) in [6, 6.07) is 4.03. The van der Waals surface area contributed by atoms with Crippen molar-refractivity contribution in [3.8, 4) is 0 Å². The van der Waals surface area contributed by atoms with Crippen LogP contribution in [0.1, 0.15) is 34.6 Å². The van der Waals surface area contributed by atoms with E-state index < -0.39 is 47.9 Å². The minimum Gasteiger partial charge on any atom is -0.481 e. The highest BCUT2D eigenvalue weighted by Crippen LogP contribution is 2.40. The van der Waals surface area contributed by atoms with Crippen molar-refractivity contribution < 1.29 is 38.5 Å². The highest BCUT2D eigenvalue weighted by atomic mass is 16.5. The minimum atomic E-state index is -1.13. The van der Waals surface area contributed by atoms with Crippen molar-refractivity contribution in [3.63, 3.8) is 0 Å². The average Bonchev–Trinajstić information content (AvgIpc) is 3.29. The third kappa shape index (κ3) is 4.14. The van der Waals surface area contributed by atoms with Crippen LogP contribution in [-0.2, 0) is 23.8 Å². The van der Waals surface area contributed by atoms with Gasteiger partial charge in [0, 0.05) is 5.69 Å². The van der Waals surface area contributed by atoms with Crippen molar-refractivity contribution in [1.82, 2.24) is 0 Å². The number of carboxylic acids is 1. The standard InChI is InChI=1S/C20H21NO8/c1-3-27-19(25)10-7-11(20(26)28-4-2)9-12(8-10)21-17(22)15-13-5-6-14(29-13)16(15)18(23)24/h5-9,13-16H,3-4H2,1-2H3,(H,21,22)(H,23,24)/t13-,14-,15-,16-/m1/s1. The molecule has 1 aromatic rings. The molecule has 3 rings (SSSR count). The summed E-state index contributed by atoms with van der Waals surface area (Å²) in [5.41, 5.74) is 0.276. The van der Waals surface area contributed by atoms with Crippen LogP contribution < -0.4 is 5.32 Å². The maximum absolute atomic E-state index is 12.8. The van der Waals surface area contributed by atoms with Gasteiger partial charge in [0.2, 0.25) is 5.91 Å². The molecule has 1 aromatic carbocycles. The van der Waals surface area contributed by atoms with Crippen molar-refractivity contribution in [2.45, 2.75) is 26.1 Å². The molecule has 1 amide bonds. The van der Waals surface area contributed by atoms with Crippen LogP contribution in [0.15, 0.2) is 30.4 Å². The van der Waals surface area contributed by atoms with E-state index in [9.17, 15) is 24.3 Å². The molecule has 154 valence electrons. The number of amides is 1. The van der Waals surface area contributed by atoms with Gasteiger partial charge >= 0.3 is 17.9 Å². The summed E-state index contributed by atoms with van der Waals surface area (Å²) in [6.45, 7) is 3.56. The van der Waals surface area contributed by atoms with E-state index in [1.54, 1.807) is 26.0 Å². The molecule has 1 saturated heterocycles. The Morgan fingerprint density at radius 1 is 0.931 bits per heavy atom. The van der Waals surface area contributed by atoms with E-state index in [1.165, 1.54) is 18.2 Å². The van der Waals surface area contributed by atoms with Crippen molar-refractivity contribution >= 4 is 29.5 Å². The number of carbonyl (C=O) groups excluding carboxylic acids is 3. The number of hydrogen-bond donors (Lipinski definition) is 2. The first-order chi connectivity index (χ1) is 13.8. The Morgan fingerprint density at radius 2 is 1.45 bits per heavy atom. The van der Waals surface area contributed by atoms with E-state index >= 15 is 0 Å². The first kappa shape index (κ1) is 20.5. The molecule has 2 bridgehead atoms. The summed E-state index contributed by atoms with van der Waals surface area (Å²) in [5.74, 6) is -4.98. The Bertz CT molecular complexity index is 841. The third-order valence-corrected chi connectivity index (χ3v) is 4.71. The Morgan fingerprint density at radius 3 is 1.93 bits per heavy atom. The van der Waals surface area contributed by atoms with E-state index in [1.807, 2.05) is 0 Å². The fourth-order valence-corrected chi connectivity index (χ4v) is 3.50. The van der Waals surface area contributed by atoms with Crippen LogP contribution in [0.2, 0.25) is 0 Å². The van der Waals surface area contributed by atoms with Gasteiger partial charge in [-0.05, 0) is 32.0 Å². The molecular weight excluding hydrogens is 382 g/mol. The number of nitrogens with one attached hydrogen (secondary N) is 1. The number of hydrogen-bond acceptors (Lipinski definition) is 7. The van der Waals surface area contributed by atoms with Gasteiger partial charge < -0.3 is 24.6 Å². The Labute approximate surface area is 166 Å². The number of rotatable bonds is 7. The summed E-state index contributed by atoms with van der Waals surface area (Å²) in [5, 5.41) is 12.1. The summed E-state index contributed by atoms with van der Waals surface area (Å²) >= 11 is 0. The maximum atomic E-state index is 12.8. The molecule has 9 nitrogen and oxygen atoms in total. The molecular formula is C20H21NO8. The fraction of sp³-hybridized carbons (Fsp3) is 0.400. The Kier molecular flexibility index (Phi) is 5.97. The minimum absolute atomic E-state index is 0.0616. The molecule has 9 heteroatoms. The molecule has 1 fully saturated rings. The largest absolute Gasteiger partial charge is 0.481 e. The van der Waals surface area contributed by atoms with E-state index in [4.69, 9.17) is 14.2 Å². The summed E-state index contributed by atoms with van der Waals surface area (Å²) in [4.78, 5) is 48.6. The molecule has 2 aliphatic heterocycles. The number of carbonyl (C=O) groups is 4. The lowest BCUT2D eigenvalue weighted by atomic mass is 9.82. The van der Waals surface area contributed by atoms with Crippen LogP contribution in [0, 0.1) is 11.8 Å². The molecule has 0 aliphatic carbocycles. The summed E-state index contributed by atoms with van der Waals surface area (Å²) in [6.07, 6.45) is 1.99. The van der Waals surface area contributed by atoms with Crippen LogP contribution in [-0.4, -0.2) is 54.3 Å². The quantitative estimate of drug-likeness (QED) is 0.519. The summed E-state index contributed by atoms with van der Waals surface area (Å²) < 4.78 is 15.4. The van der Waals surface area contributed by atoms with Gasteiger partial charge in [0.05, 0.1) is 42.5 Å². The van der Waals surface area contributed by atoms with Gasteiger partial charge in [-0.1, -0.05) is 12.2 Å². The first-order valence-corrected chi connectivity index (χ1v) is 9.22. The highest BCUT2D eigenvalue weighted by molar-refractivity contribution is 6.01. The van der Waals surface area contributed by atoms with Crippen LogP contribution in [0.3, 0.4) is 0 Å². The smallest absolute Gasteiger partial charge is 0.338 e. The number of ether oxygens (including phenoxy) is 3. The van der Waals surface area contributed by atoms with Gasteiger partial charge in [-0.2, -0.15) is 0 Å². The molecule has 0 spiro atoms. The number of esters is 2. The van der Waals surface area contributed by atoms with Crippen molar-refractivity contribution in [2.24, 2.45) is 11.8 Å². The number of anilines is 1. The highest BCUT2D eigenvalue weighted by Gasteiger charge is 2.53. The van der Waals surface area contributed by atoms with Gasteiger partial charge in [-0.25, -0.2) is 9.59 Å². The van der Waals surface area contributed by atoms with Gasteiger partial charge in [0.25, 0.3) is 0 Å². The zero-order valence-electron chi connectivity index (χ0n) is 15.9. The van der Waals surface area contributed by atoms with E-state index in [2.05, 4.69) is 5.32 Å². The van der Waals surface area contributed by atoms with E-state index in [0.29, 0.717) is 0 Å². The molecule has 2 aliphatic rings. The normalized spacial score (nSPS) is 24.2. The van der Waals surface area contributed by atoms with Crippen molar-refractivity contribution in [2.75, 3.05) is 18.5 Å². The zero-order chi connectivity index (χ0) is 21.1. The second-order valence-corrected chi connectivity index (χ2v) is 6.57. The van der Waals surface area contributed by atoms with Gasteiger partial charge in [0.15, 0.2) is 0 Å². The molecule has 0 unspecified atom stereocenters. The van der Waals surface area contributed by atoms with Crippen LogP contribution >= 0.6 is 0 Å². The van der Waals surface area contributed by atoms with E-state index in [-0.39, 0.29) is 30.0 Å². The number of aliphatic carboxylic acids is 1. The van der Waals surface area contributed by atoms with Crippen LogP contribution in [0.5, 0.6) is 0 Å². The fourth-order valence-electron chi connectivity index (χ4n) is 3.50. The van der Waals surface area contributed by atoms with E-state index in [0.717, 1.165) is 0 Å². The predicted molar refractivity (Wildman–Crippen MR) is 99.4 cm³/mol. The Hall–Kier alpha value is -3.20. The first-order valence-electron chi connectivity index (χ1n) is 9.22. The molecule has 0 aromatic heterocycles. The predicted octanol–water partition coefficient (Wildman–Crippen LogP) is 1.63. The Balaban J connectivity index is 1.88.